The fourth-order valence-electron chi connectivity index (χ4n) is 4.56. The van der Waals surface area contributed by atoms with E-state index in [-0.39, 0.29) is 17.2 Å². The number of para-hydroxylation sites is 2. The van der Waals surface area contributed by atoms with Gasteiger partial charge in [0.15, 0.2) is 0 Å². The summed E-state index contributed by atoms with van der Waals surface area (Å²) in [5.41, 5.74) is 3.99. The molecule has 0 atom stereocenters. The Balaban J connectivity index is 1.39. The molecule has 3 aromatic carbocycles. The molecule has 5 aromatic rings. The molecule has 166 valence electrons. The zero-order chi connectivity index (χ0) is 22.9. The van der Waals surface area contributed by atoms with Crippen LogP contribution in [0, 0.1) is 0 Å². The molecule has 0 aliphatic heterocycles. The number of benzene rings is 3. The maximum absolute atomic E-state index is 12.8. The van der Waals surface area contributed by atoms with Gasteiger partial charge in [0.1, 0.15) is 0 Å². The highest BCUT2D eigenvalue weighted by molar-refractivity contribution is 8.00. The van der Waals surface area contributed by atoms with E-state index in [0.29, 0.717) is 6.54 Å². The quantitative estimate of drug-likeness (QED) is 0.325. The van der Waals surface area contributed by atoms with Gasteiger partial charge in [-0.3, -0.25) is 9.59 Å². The zero-order valence-corrected chi connectivity index (χ0v) is 19.5. The summed E-state index contributed by atoms with van der Waals surface area (Å²) >= 11 is 1.40. The van der Waals surface area contributed by atoms with Crippen LogP contribution in [-0.4, -0.2) is 20.8 Å². The van der Waals surface area contributed by atoms with Crippen LogP contribution < -0.4 is 10.9 Å². The third-order valence-corrected chi connectivity index (χ3v) is 7.08. The topological polar surface area (TPSA) is 56.0 Å². The van der Waals surface area contributed by atoms with Gasteiger partial charge in [-0.1, -0.05) is 36.4 Å². The lowest BCUT2D eigenvalue weighted by Crippen LogP contribution is -2.19. The predicted octanol–water partition coefficient (Wildman–Crippen LogP) is 5.88. The van der Waals surface area contributed by atoms with Gasteiger partial charge in [-0.2, -0.15) is 0 Å². The van der Waals surface area contributed by atoms with Crippen LogP contribution in [-0.2, 0) is 17.9 Å². The molecule has 2 aromatic heterocycles. The predicted molar refractivity (Wildman–Crippen MR) is 138 cm³/mol. The Morgan fingerprint density at radius 3 is 2.15 bits per heavy atom. The van der Waals surface area contributed by atoms with Crippen molar-refractivity contribution < 1.29 is 4.79 Å². The van der Waals surface area contributed by atoms with E-state index in [9.17, 15) is 9.59 Å². The van der Waals surface area contributed by atoms with Crippen molar-refractivity contribution in [3.8, 4) is 0 Å². The summed E-state index contributed by atoms with van der Waals surface area (Å²) in [6.45, 7) is 5.60. The first-order chi connectivity index (χ1) is 16.1. The van der Waals surface area contributed by atoms with Gasteiger partial charge in [0.05, 0.1) is 11.3 Å². The second-order valence-electron chi connectivity index (χ2n) is 7.94. The number of nitrogens with zero attached hydrogens (tertiary/aromatic N) is 2. The number of amides is 1. The zero-order valence-electron chi connectivity index (χ0n) is 18.7. The monoisotopic (exact) mass is 455 g/mol. The van der Waals surface area contributed by atoms with Crippen LogP contribution in [0.2, 0.25) is 0 Å². The van der Waals surface area contributed by atoms with Crippen molar-refractivity contribution in [2.45, 2.75) is 31.8 Å². The van der Waals surface area contributed by atoms with Crippen LogP contribution >= 0.6 is 11.8 Å². The minimum Gasteiger partial charge on any atom is -0.341 e. The van der Waals surface area contributed by atoms with E-state index in [4.69, 9.17) is 0 Å². The first kappa shape index (κ1) is 21.3. The summed E-state index contributed by atoms with van der Waals surface area (Å²) in [6.07, 6.45) is 0. The van der Waals surface area contributed by atoms with Crippen molar-refractivity contribution in [1.82, 2.24) is 9.13 Å². The number of fused-ring (bicyclic) bond motifs is 4. The van der Waals surface area contributed by atoms with E-state index in [1.165, 1.54) is 22.7 Å². The molecule has 0 saturated carbocycles. The molecule has 1 amide bonds. The molecule has 0 aliphatic carbocycles. The smallest absolute Gasteiger partial charge is 0.252 e. The molecule has 0 radical (unpaired) electrons. The Bertz CT molecular complexity index is 1570. The van der Waals surface area contributed by atoms with Gasteiger partial charge in [0.2, 0.25) is 5.91 Å². The highest BCUT2D eigenvalue weighted by atomic mass is 32.2. The molecular weight excluding hydrogens is 430 g/mol. The Labute approximate surface area is 196 Å². The number of carbonyl (C=O) groups excluding carboxylic acids is 1. The maximum Gasteiger partial charge on any atom is 0.252 e. The summed E-state index contributed by atoms with van der Waals surface area (Å²) in [7, 11) is 0. The molecule has 0 aliphatic rings. The second kappa shape index (κ2) is 8.79. The standard InChI is InChI=1S/C27H25N3O2S/c1-3-29-22-11-7-5-9-19(22)21-15-18(13-14-24(21)29)28-26(31)17-33-25-16-27(32)30(4-2)23-12-8-6-10-20(23)25/h5-16H,3-4,17H2,1-2H3,(H,28,31). The number of hydrogen-bond donors (Lipinski definition) is 1. The molecule has 33 heavy (non-hydrogen) atoms. The van der Waals surface area contributed by atoms with Crippen LogP contribution in [0.15, 0.2) is 82.5 Å². The minimum atomic E-state index is -0.0951. The lowest BCUT2D eigenvalue weighted by molar-refractivity contribution is -0.113. The van der Waals surface area contributed by atoms with Crippen molar-refractivity contribution in [3.05, 3.63) is 83.2 Å². The average molecular weight is 456 g/mol. The largest absolute Gasteiger partial charge is 0.341 e. The lowest BCUT2D eigenvalue weighted by Gasteiger charge is -2.12. The molecule has 5 nitrogen and oxygen atoms in total. The Kier molecular flexibility index (Phi) is 5.68. The maximum atomic E-state index is 12.8. The number of rotatable bonds is 6. The molecule has 1 N–H and O–H groups in total. The van der Waals surface area contributed by atoms with Crippen LogP contribution in [0.4, 0.5) is 5.69 Å². The fourth-order valence-corrected chi connectivity index (χ4v) is 5.43. The third kappa shape index (κ3) is 3.80. The summed E-state index contributed by atoms with van der Waals surface area (Å²) in [4.78, 5) is 26.1. The van der Waals surface area contributed by atoms with Crippen molar-refractivity contribution in [2.75, 3.05) is 11.1 Å². The number of pyridine rings is 1. The number of nitrogens with one attached hydrogen (secondary N) is 1. The highest BCUT2D eigenvalue weighted by Crippen LogP contribution is 2.31. The van der Waals surface area contributed by atoms with Crippen LogP contribution in [0.1, 0.15) is 13.8 Å². The molecule has 0 bridgehead atoms. The second-order valence-corrected chi connectivity index (χ2v) is 8.96. The molecular formula is C27H25N3O2S. The molecule has 0 fully saturated rings. The molecule has 0 saturated heterocycles. The summed E-state index contributed by atoms with van der Waals surface area (Å²) in [5.74, 6) is 0.135. The molecule has 6 heteroatoms. The minimum absolute atomic E-state index is 0.0446. The Morgan fingerprint density at radius 2 is 1.42 bits per heavy atom. The third-order valence-electron chi connectivity index (χ3n) is 6.03. The van der Waals surface area contributed by atoms with Gasteiger partial charge in [-0.05, 0) is 44.2 Å². The van der Waals surface area contributed by atoms with Crippen LogP contribution in [0.25, 0.3) is 32.7 Å². The molecule has 2 heterocycles. The van der Waals surface area contributed by atoms with Gasteiger partial charge in [-0.25, -0.2) is 0 Å². The van der Waals surface area contributed by atoms with E-state index in [1.54, 1.807) is 10.6 Å². The first-order valence-corrected chi connectivity index (χ1v) is 12.2. The number of aromatic nitrogens is 2. The molecule has 0 spiro atoms. The highest BCUT2D eigenvalue weighted by Gasteiger charge is 2.13. The van der Waals surface area contributed by atoms with Gasteiger partial charge in [0.25, 0.3) is 5.56 Å². The van der Waals surface area contributed by atoms with Gasteiger partial charge < -0.3 is 14.5 Å². The van der Waals surface area contributed by atoms with E-state index in [0.717, 1.165) is 38.9 Å². The van der Waals surface area contributed by atoms with Crippen LogP contribution in [0.3, 0.4) is 0 Å². The first-order valence-electron chi connectivity index (χ1n) is 11.2. The van der Waals surface area contributed by atoms with Crippen LogP contribution in [0.5, 0.6) is 0 Å². The van der Waals surface area contributed by atoms with Gasteiger partial charge in [-0.15, -0.1) is 11.8 Å². The number of aryl methyl sites for hydroxylation is 2. The van der Waals surface area contributed by atoms with E-state index in [1.807, 2.05) is 49.4 Å². The van der Waals surface area contributed by atoms with Gasteiger partial charge >= 0.3 is 0 Å². The number of hydrogen-bond acceptors (Lipinski definition) is 3. The molecule has 0 unspecified atom stereocenters. The van der Waals surface area contributed by atoms with Crippen molar-refractivity contribution in [2.24, 2.45) is 0 Å². The van der Waals surface area contributed by atoms with E-state index < -0.39 is 0 Å². The molecule has 5 rings (SSSR count). The Morgan fingerprint density at radius 1 is 0.788 bits per heavy atom. The number of carbonyl (C=O) groups is 1. The normalized spacial score (nSPS) is 11.5. The van der Waals surface area contributed by atoms with E-state index in [2.05, 4.69) is 41.1 Å². The summed E-state index contributed by atoms with van der Waals surface area (Å²) < 4.78 is 4.04. The fraction of sp³-hybridized carbons (Fsp3) is 0.185. The SMILES string of the molecule is CCn1c(=O)cc(SCC(=O)Nc2ccc3c(c2)c2ccccc2n3CC)c2ccccc21. The number of thioether (sulfide) groups is 1. The average Bonchev–Trinajstić information content (AvgIpc) is 3.15. The van der Waals surface area contributed by atoms with Crippen molar-refractivity contribution >= 4 is 56.1 Å². The Hall–Kier alpha value is -3.51. The number of anilines is 1. The van der Waals surface area contributed by atoms with Crippen molar-refractivity contribution in [3.63, 3.8) is 0 Å². The summed E-state index contributed by atoms with van der Waals surface area (Å²) in [5, 5.41) is 6.34. The summed E-state index contributed by atoms with van der Waals surface area (Å²) in [6, 6.07) is 23.9. The lowest BCUT2D eigenvalue weighted by atomic mass is 10.1. The van der Waals surface area contributed by atoms with Gasteiger partial charge in [0, 0.05) is 56.9 Å². The van der Waals surface area contributed by atoms with Crippen molar-refractivity contribution in [1.29, 1.82) is 0 Å². The van der Waals surface area contributed by atoms with E-state index >= 15 is 0 Å².